The first-order chi connectivity index (χ1) is 10.0. The quantitative estimate of drug-likeness (QED) is 0.364. The van der Waals surface area contributed by atoms with Crippen LogP contribution in [0.4, 0.5) is 0 Å². The summed E-state index contributed by atoms with van der Waals surface area (Å²) >= 11 is 0. The van der Waals surface area contributed by atoms with E-state index in [-0.39, 0.29) is 11.8 Å². The third kappa shape index (κ3) is 5.94. The van der Waals surface area contributed by atoms with Crippen molar-refractivity contribution in [2.75, 3.05) is 26.2 Å². The van der Waals surface area contributed by atoms with Gasteiger partial charge in [-0.05, 0) is 31.6 Å². The number of nitrogens with one attached hydrogen (secondary N) is 3. The maximum Gasteiger partial charge on any atom is 0.222 e. The van der Waals surface area contributed by atoms with Crippen LogP contribution >= 0.6 is 0 Å². The molecule has 0 radical (unpaired) electrons. The standard InChI is InChI=1S/C16H32N4O/c1-5-16(8-7-9-16)12-20-15(17-6-2)19-11-10-18-14(21)13(3)4/h13H,5-12H2,1-4H3,(H,18,21)(H2,17,19,20). The minimum absolute atomic E-state index is 0.0370. The third-order valence-electron chi connectivity index (χ3n) is 4.32. The number of guanidine groups is 1. The molecule has 1 saturated carbocycles. The number of hydrogen-bond acceptors (Lipinski definition) is 2. The fraction of sp³-hybridized carbons (Fsp3) is 0.875. The molecule has 1 aliphatic carbocycles. The van der Waals surface area contributed by atoms with Crippen LogP contribution in [0.25, 0.3) is 0 Å². The Kier molecular flexibility index (Phi) is 7.54. The Labute approximate surface area is 129 Å². The van der Waals surface area contributed by atoms with Crippen LogP contribution in [0.1, 0.15) is 53.4 Å². The summed E-state index contributed by atoms with van der Waals surface area (Å²) in [6.07, 6.45) is 5.16. The molecule has 122 valence electrons. The first kappa shape index (κ1) is 17.8. The zero-order valence-electron chi connectivity index (χ0n) is 14.1. The molecular weight excluding hydrogens is 264 g/mol. The Balaban J connectivity index is 2.33. The summed E-state index contributed by atoms with van der Waals surface area (Å²) in [4.78, 5) is 16.2. The Morgan fingerprint density at radius 3 is 2.29 bits per heavy atom. The number of rotatable bonds is 8. The molecule has 0 aromatic carbocycles. The van der Waals surface area contributed by atoms with Gasteiger partial charge in [0.2, 0.25) is 5.91 Å². The van der Waals surface area contributed by atoms with Crippen LogP contribution in [0.3, 0.4) is 0 Å². The number of aliphatic imine (C=N–C) groups is 1. The molecule has 1 aliphatic rings. The van der Waals surface area contributed by atoms with Gasteiger partial charge in [0, 0.05) is 32.1 Å². The summed E-state index contributed by atoms with van der Waals surface area (Å²) < 4.78 is 0. The Bertz CT molecular complexity index is 343. The number of carbonyl (C=O) groups excluding carboxylic acids is 1. The Morgan fingerprint density at radius 2 is 1.81 bits per heavy atom. The van der Waals surface area contributed by atoms with E-state index in [1.54, 1.807) is 0 Å². The van der Waals surface area contributed by atoms with Crippen molar-refractivity contribution in [1.29, 1.82) is 0 Å². The van der Waals surface area contributed by atoms with Crippen molar-refractivity contribution in [2.24, 2.45) is 16.3 Å². The molecule has 0 bridgehead atoms. The Hall–Kier alpha value is -1.26. The molecule has 0 aromatic rings. The van der Waals surface area contributed by atoms with E-state index in [2.05, 4.69) is 29.8 Å². The SMILES string of the molecule is CCNC(=NCC1(CC)CCC1)NCCNC(=O)C(C)C. The summed E-state index contributed by atoms with van der Waals surface area (Å²) in [5.74, 6) is 0.990. The molecule has 0 aromatic heterocycles. The van der Waals surface area contributed by atoms with Gasteiger partial charge in [-0.3, -0.25) is 9.79 Å². The van der Waals surface area contributed by atoms with Crippen LogP contribution in [-0.4, -0.2) is 38.0 Å². The van der Waals surface area contributed by atoms with Crippen LogP contribution in [0, 0.1) is 11.3 Å². The van der Waals surface area contributed by atoms with Gasteiger partial charge in [0.15, 0.2) is 5.96 Å². The van der Waals surface area contributed by atoms with Crippen LogP contribution < -0.4 is 16.0 Å². The van der Waals surface area contributed by atoms with Gasteiger partial charge in [-0.2, -0.15) is 0 Å². The van der Waals surface area contributed by atoms with Crippen LogP contribution in [-0.2, 0) is 4.79 Å². The number of carbonyl (C=O) groups is 1. The average Bonchev–Trinajstić information content (AvgIpc) is 2.42. The second-order valence-corrected chi connectivity index (χ2v) is 6.27. The molecular formula is C16H32N4O. The topological polar surface area (TPSA) is 65.5 Å². The van der Waals surface area contributed by atoms with E-state index in [1.807, 2.05) is 13.8 Å². The molecule has 21 heavy (non-hydrogen) atoms. The zero-order chi connectivity index (χ0) is 15.7. The maximum atomic E-state index is 11.5. The number of amides is 1. The van der Waals surface area contributed by atoms with Gasteiger partial charge in [-0.1, -0.05) is 27.2 Å². The number of hydrogen-bond donors (Lipinski definition) is 3. The van der Waals surface area contributed by atoms with E-state index in [1.165, 1.54) is 25.7 Å². The van der Waals surface area contributed by atoms with Crippen LogP contribution in [0.2, 0.25) is 0 Å². The van der Waals surface area contributed by atoms with Crippen molar-refractivity contribution < 1.29 is 4.79 Å². The predicted octanol–water partition coefficient (Wildman–Crippen LogP) is 1.89. The average molecular weight is 296 g/mol. The molecule has 3 N–H and O–H groups in total. The predicted molar refractivity (Wildman–Crippen MR) is 88.4 cm³/mol. The van der Waals surface area contributed by atoms with E-state index < -0.39 is 0 Å². The lowest BCUT2D eigenvalue weighted by atomic mass is 9.67. The van der Waals surface area contributed by atoms with Gasteiger partial charge in [0.1, 0.15) is 0 Å². The normalized spacial score (nSPS) is 17.3. The fourth-order valence-corrected chi connectivity index (χ4v) is 2.46. The minimum atomic E-state index is 0.0370. The molecule has 0 saturated heterocycles. The second kappa shape index (κ2) is 8.90. The summed E-state index contributed by atoms with van der Waals surface area (Å²) in [6.45, 7) is 11.2. The van der Waals surface area contributed by atoms with Gasteiger partial charge in [0.25, 0.3) is 0 Å². The second-order valence-electron chi connectivity index (χ2n) is 6.27. The first-order valence-corrected chi connectivity index (χ1v) is 8.33. The molecule has 0 atom stereocenters. The van der Waals surface area contributed by atoms with E-state index >= 15 is 0 Å². The smallest absolute Gasteiger partial charge is 0.222 e. The molecule has 5 heteroatoms. The van der Waals surface area contributed by atoms with E-state index in [4.69, 9.17) is 4.99 Å². The lowest BCUT2D eigenvalue weighted by Gasteiger charge is -2.40. The monoisotopic (exact) mass is 296 g/mol. The highest BCUT2D eigenvalue weighted by Gasteiger charge is 2.34. The molecule has 0 aliphatic heterocycles. The van der Waals surface area contributed by atoms with Gasteiger partial charge in [0.05, 0.1) is 0 Å². The van der Waals surface area contributed by atoms with Crippen LogP contribution in [0.5, 0.6) is 0 Å². The molecule has 5 nitrogen and oxygen atoms in total. The molecule has 1 amide bonds. The van der Waals surface area contributed by atoms with E-state index in [0.717, 1.165) is 19.0 Å². The molecule has 0 unspecified atom stereocenters. The lowest BCUT2D eigenvalue weighted by Crippen LogP contribution is -2.43. The third-order valence-corrected chi connectivity index (χ3v) is 4.32. The van der Waals surface area contributed by atoms with Gasteiger partial charge in [-0.25, -0.2) is 0 Å². The van der Waals surface area contributed by atoms with Gasteiger partial charge in [-0.15, -0.1) is 0 Å². The molecule has 0 heterocycles. The number of nitrogens with zero attached hydrogens (tertiary/aromatic N) is 1. The fourth-order valence-electron chi connectivity index (χ4n) is 2.46. The van der Waals surface area contributed by atoms with Crippen molar-refractivity contribution in [3.05, 3.63) is 0 Å². The van der Waals surface area contributed by atoms with Crippen molar-refractivity contribution in [2.45, 2.75) is 53.4 Å². The minimum Gasteiger partial charge on any atom is -0.357 e. The summed E-state index contributed by atoms with van der Waals surface area (Å²) in [7, 11) is 0. The van der Waals surface area contributed by atoms with Crippen molar-refractivity contribution in [3.63, 3.8) is 0 Å². The summed E-state index contributed by atoms with van der Waals surface area (Å²) in [5, 5.41) is 9.45. The highest BCUT2D eigenvalue weighted by atomic mass is 16.1. The summed E-state index contributed by atoms with van der Waals surface area (Å²) in [6, 6.07) is 0. The first-order valence-electron chi connectivity index (χ1n) is 8.33. The van der Waals surface area contributed by atoms with Crippen molar-refractivity contribution in [1.82, 2.24) is 16.0 Å². The molecule has 1 rings (SSSR count). The maximum absolute atomic E-state index is 11.5. The Morgan fingerprint density at radius 1 is 1.14 bits per heavy atom. The lowest BCUT2D eigenvalue weighted by molar-refractivity contribution is -0.123. The van der Waals surface area contributed by atoms with E-state index in [0.29, 0.717) is 18.5 Å². The van der Waals surface area contributed by atoms with Crippen molar-refractivity contribution >= 4 is 11.9 Å². The van der Waals surface area contributed by atoms with Crippen molar-refractivity contribution in [3.8, 4) is 0 Å². The largest absolute Gasteiger partial charge is 0.357 e. The zero-order valence-corrected chi connectivity index (χ0v) is 14.1. The summed E-state index contributed by atoms with van der Waals surface area (Å²) in [5.41, 5.74) is 0.439. The highest BCUT2D eigenvalue weighted by Crippen LogP contribution is 2.43. The van der Waals surface area contributed by atoms with E-state index in [9.17, 15) is 4.79 Å². The highest BCUT2D eigenvalue weighted by molar-refractivity contribution is 5.80. The molecule has 1 fully saturated rings. The van der Waals surface area contributed by atoms with Gasteiger partial charge >= 0.3 is 0 Å². The van der Waals surface area contributed by atoms with Gasteiger partial charge < -0.3 is 16.0 Å². The molecule has 0 spiro atoms. The van der Waals surface area contributed by atoms with Crippen LogP contribution in [0.15, 0.2) is 4.99 Å².